The van der Waals surface area contributed by atoms with E-state index in [1.54, 1.807) is 6.20 Å². The molecule has 1 aliphatic rings. The van der Waals surface area contributed by atoms with E-state index in [9.17, 15) is 5.11 Å². The molecule has 3 nitrogen and oxygen atoms in total. The van der Waals surface area contributed by atoms with Crippen molar-refractivity contribution in [2.45, 2.75) is 26.1 Å². The summed E-state index contributed by atoms with van der Waals surface area (Å²) in [5.41, 5.74) is 0. The van der Waals surface area contributed by atoms with Gasteiger partial charge in [0, 0.05) is 25.4 Å². The second-order valence-corrected chi connectivity index (χ2v) is 2.81. The minimum Gasteiger partial charge on any atom is -0.368 e. The van der Waals surface area contributed by atoms with Gasteiger partial charge in [-0.15, -0.1) is 0 Å². The normalized spacial score (nSPS) is 24.3. The highest BCUT2D eigenvalue weighted by atomic mass is 16.6. The number of nitrogens with zero attached hydrogens (tertiary/aromatic N) is 1. The van der Waals surface area contributed by atoms with E-state index in [0.29, 0.717) is 18.9 Å². The number of hydrogen-bond donors (Lipinski definition) is 1. The Hall–Kier alpha value is -0.670. The summed E-state index contributed by atoms with van der Waals surface area (Å²) >= 11 is 0. The van der Waals surface area contributed by atoms with Crippen molar-refractivity contribution in [2.24, 2.45) is 10.9 Å². The largest absolute Gasteiger partial charge is 0.368 e. The molecule has 68 valence electrons. The van der Waals surface area contributed by atoms with Crippen molar-refractivity contribution in [1.82, 2.24) is 0 Å². The van der Waals surface area contributed by atoms with Gasteiger partial charge in [0.2, 0.25) is 0 Å². The van der Waals surface area contributed by atoms with Crippen molar-refractivity contribution in [3.8, 4) is 0 Å². The van der Waals surface area contributed by atoms with Crippen LogP contribution in [0, 0.1) is 5.92 Å². The van der Waals surface area contributed by atoms with Crippen molar-refractivity contribution in [2.75, 3.05) is 6.61 Å². The summed E-state index contributed by atoms with van der Waals surface area (Å²) in [5.74, 6) is 0.379. The number of rotatable bonds is 4. The molecule has 1 aliphatic heterocycles. The van der Waals surface area contributed by atoms with Gasteiger partial charge in [0.1, 0.15) is 0 Å². The molecule has 0 bridgehead atoms. The molecular weight excluding hydrogens is 154 g/mol. The van der Waals surface area contributed by atoms with Crippen LogP contribution < -0.4 is 0 Å². The summed E-state index contributed by atoms with van der Waals surface area (Å²) in [5, 5.41) is 9.30. The zero-order chi connectivity index (χ0) is 8.81. The third-order valence-corrected chi connectivity index (χ3v) is 1.82. The van der Waals surface area contributed by atoms with Crippen LogP contribution in [0.2, 0.25) is 0 Å². The maximum absolute atomic E-state index is 9.30. The Morgan fingerprint density at radius 3 is 3.17 bits per heavy atom. The van der Waals surface area contributed by atoms with Gasteiger partial charge in [-0.2, -0.15) is 0 Å². The fraction of sp³-hybridized carbons (Fsp3) is 0.667. The number of aliphatic hydroxyl groups excluding tert-OH is 1. The Kier molecular flexibility index (Phi) is 3.97. The van der Waals surface area contributed by atoms with Crippen LogP contribution in [0.4, 0.5) is 0 Å². The van der Waals surface area contributed by atoms with E-state index in [1.807, 2.05) is 19.2 Å². The molecule has 0 aromatic carbocycles. The first kappa shape index (κ1) is 9.42. The van der Waals surface area contributed by atoms with Gasteiger partial charge >= 0.3 is 0 Å². The van der Waals surface area contributed by atoms with Crippen LogP contribution in [0.1, 0.15) is 19.8 Å². The topological polar surface area (TPSA) is 41.8 Å². The lowest BCUT2D eigenvalue weighted by atomic mass is 10.0. The Labute approximate surface area is 72.8 Å². The van der Waals surface area contributed by atoms with Crippen LogP contribution in [0.15, 0.2) is 17.3 Å². The highest BCUT2D eigenvalue weighted by Gasteiger charge is 2.12. The molecule has 0 aromatic heterocycles. The van der Waals surface area contributed by atoms with Crippen molar-refractivity contribution in [3.05, 3.63) is 12.3 Å². The fourth-order valence-corrected chi connectivity index (χ4v) is 1.20. The first-order valence-electron chi connectivity index (χ1n) is 4.31. The molecule has 0 saturated heterocycles. The standard InChI is InChI=1S/C9H15NO2/c1-2-12-9(11)7-8-3-5-10-6-4-8/h3,5-6,8-9,11H,2,4,7H2,1H3. The first-order valence-corrected chi connectivity index (χ1v) is 4.31. The predicted molar refractivity (Wildman–Crippen MR) is 48.0 cm³/mol. The van der Waals surface area contributed by atoms with Crippen LogP contribution in [0.25, 0.3) is 0 Å². The minimum absolute atomic E-state index is 0.379. The molecule has 0 aromatic rings. The maximum atomic E-state index is 9.30. The van der Waals surface area contributed by atoms with Crippen molar-refractivity contribution in [1.29, 1.82) is 0 Å². The van der Waals surface area contributed by atoms with E-state index in [-0.39, 0.29) is 0 Å². The molecule has 0 amide bonds. The predicted octanol–water partition coefficient (Wildman–Crippen LogP) is 1.34. The Balaban J connectivity index is 2.22. The van der Waals surface area contributed by atoms with E-state index >= 15 is 0 Å². The Morgan fingerprint density at radius 1 is 1.75 bits per heavy atom. The average Bonchev–Trinajstić information content (AvgIpc) is 2.06. The highest BCUT2D eigenvalue weighted by Crippen LogP contribution is 2.15. The molecule has 1 rings (SSSR count). The second kappa shape index (κ2) is 5.06. The molecule has 1 N–H and O–H groups in total. The Morgan fingerprint density at radius 2 is 2.58 bits per heavy atom. The zero-order valence-corrected chi connectivity index (χ0v) is 7.31. The molecule has 3 heteroatoms. The molecule has 0 radical (unpaired) electrons. The minimum atomic E-state index is -0.629. The Bertz CT molecular complexity index is 177. The number of allylic oxidation sites excluding steroid dienone is 1. The molecule has 12 heavy (non-hydrogen) atoms. The molecule has 0 saturated carbocycles. The summed E-state index contributed by atoms with van der Waals surface area (Å²) in [6, 6.07) is 0. The van der Waals surface area contributed by atoms with Crippen molar-refractivity contribution < 1.29 is 9.84 Å². The molecule has 0 spiro atoms. The van der Waals surface area contributed by atoms with Crippen LogP contribution >= 0.6 is 0 Å². The van der Waals surface area contributed by atoms with Gasteiger partial charge in [0.25, 0.3) is 0 Å². The van der Waals surface area contributed by atoms with Gasteiger partial charge in [0.05, 0.1) is 0 Å². The summed E-state index contributed by atoms with van der Waals surface area (Å²) in [6.07, 6.45) is 6.58. The number of ether oxygens (including phenoxy) is 1. The van der Waals surface area contributed by atoms with Crippen molar-refractivity contribution >= 4 is 6.21 Å². The van der Waals surface area contributed by atoms with Gasteiger partial charge < -0.3 is 9.84 Å². The highest BCUT2D eigenvalue weighted by molar-refractivity contribution is 5.60. The lowest BCUT2D eigenvalue weighted by Crippen LogP contribution is -2.17. The summed E-state index contributed by atoms with van der Waals surface area (Å²) in [6.45, 7) is 2.44. The third-order valence-electron chi connectivity index (χ3n) is 1.82. The lowest BCUT2D eigenvalue weighted by Gasteiger charge is -2.16. The maximum Gasteiger partial charge on any atom is 0.155 e. The van der Waals surface area contributed by atoms with Crippen molar-refractivity contribution in [3.63, 3.8) is 0 Å². The van der Waals surface area contributed by atoms with Gasteiger partial charge in [-0.3, -0.25) is 4.99 Å². The van der Waals surface area contributed by atoms with Crippen LogP contribution in [-0.4, -0.2) is 24.2 Å². The number of aliphatic hydroxyl groups is 1. The first-order chi connectivity index (χ1) is 5.83. The van der Waals surface area contributed by atoms with Gasteiger partial charge in [-0.05, 0) is 19.3 Å². The average molecular weight is 169 g/mol. The third kappa shape index (κ3) is 3.15. The lowest BCUT2D eigenvalue weighted by molar-refractivity contribution is -0.103. The van der Waals surface area contributed by atoms with Gasteiger partial charge in [-0.25, -0.2) is 0 Å². The smallest absolute Gasteiger partial charge is 0.155 e. The van der Waals surface area contributed by atoms with Gasteiger partial charge in [0.15, 0.2) is 6.29 Å². The second-order valence-electron chi connectivity index (χ2n) is 2.81. The van der Waals surface area contributed by atoms with Crippen LogP contribution in [-0.2, 0) is 4.74 Å². The van der Waals surface area contributed by atoms with E-state index < -0.39 is 6.29 Å². The molecule has 1 heterocycles. The van der Waals surface area contributed by atoms with Crippen LogP contribution in [0.5, 0.6) is 0 Å². The summed E-state index contributed by atoms with van der Waals surface area (Å²) in [4.78, 5) is 3.95. The number of hydrogen-bond acceptors (Lipinski definition) is 3. The number of aliphatic imine (C=N–C) groups is 1. The van der Waals surface area contributed by atoms with Crippen LogP contribution in [0.3, 0.4) is 0 Å². The van der Waals surface area contributed by atoms with E-state index in [0.717, 1.165) is 6.42 Å². The van der Waals surface area contributed by atoms with E-state index in [4.69, 9.17) is 4.74 Å². The van der Waals surface area contributed by atoms with E-state index in [2.05, 4.69) is 4.99 Å². The summed E-state index contributed by atoms with van der Waals surface area (Å²) in [7, 11) is 0. The zero-order valence-electron chi connectivity index (χ0n) is 7.31. The SMILES string of the molecule is CCOC(O)CC1C=CN=CC1. The molecule has 2 atom stereocenters. The summed E-state index contributed by atoms with van der Waals surface area (Å²) < 4.78 is 5.02. The van der Waals surface area contributed by atoms with E-state index in [1.165, 1.54) is 0 Å². The molecule has 0 fully saturated rings. The molecule has 0 aliphatic carbocycles. The van der Waals surface area contributed by atoms with Gasteiger partial charge in [-0.1, -0.05) is 6.08 Å². The molecular formula is C9H15NO2. The fourth-order valence-electron chi connectivity index (χ4n) is 1.20. The monoisotopic (exact) mass is 169 g/mol. The quantitative estimate of drug-likeness (QED) is 0.645. The molecule has 2 unspecified atom stereocenters.